The Hall–Kier alpha value is -1.88. The van der Waals surface area contributed by atoms with Crippen LogP contribution < -0.4 is 5.32 Å². The maximum absolute atomic E-state index is 9.29. The molecule has 110 valence electrons. The van der Waals surface area contributed by atoms with Gasteiger partial charge in [0, 0.05) is 10.8 Å². The minimum atomic E-state index is -0.707. The van der Waals surface area contributed by atoms with Gasteiger partial charge >= 0.3 is 0 Å². The number of hydrogen-bond donors (Lipinski definition) is 3. The first-order chi connectivity index (χ1) is 10.1. The SMILES string of the molecule is CC(CO)(CO)NCc1cc2ccc3ccccc3c2o1. The monoisotopic (exact) mass is 285 g/mol. The van der Waals surface area contributed by atoms with Gasteiger partial charge in [-0.25, -0.2) is 0 Å². The number of fused-ring (bicyclic) bond motifs is 3. The summed E-state index contributed by atoms with van der Waals surface area (Å²) < 4.78 is 5.94. The highest BCUT2D eigenvalue weighted by Crippen LogP contribution is 2.28. The van der Waals surface area contributed by atoms with Gasteiger partial charge in [-0.05, 0) is 18.4 Å². The van der Waals surface area contributed by atoms with Gasteiger partial charge in [-0.1, -0.05) is 36.4 Å². The first-order valence-corrected chi connectivity index (χ1v) is 7.02. The lowest BCUT2D eigenvalue weighted by Crippen LogP contribution is -2.48. The normalized spacial score (nSPS) is 12.3. The van der Waals surface area contributed by atoms with Crippen molar-refractivity contribution in [3.05, 3.63) is 48.2 Å². The van der Waals surface area contributed by atoms with Gasteiger partial charge in [-0.2, -0.15) is 0 Å². The van der Waals surface area contributed by atoms with E-state index in [4.69, 9.17) is 4.42 Å². The summed E-state index contributed by atoms with van der Waals surface area (Å²) in [4.78, 5) is 0. The molecule has 0 saturated heterocycles. The maximum atomic E-state index is 9.29. The Morgan fingerprint density at radius 2 is 1.76 bits per heavy atom. The van der Waals surface area contributed by atoms with Crippen LogP contribution >= 0.6 is 0 Å². The van der Waals surface area contributed by atoms with Crippen LogP contribution in [0.15, 0.2) is 46.9 Å². The fraction of sp³-hybridized carbons (Fsp3) is 0.294. The van der Waals surface area contributed by atoms with E-state index in [1.807, 2.05) is 30.3 Å². The van der Waals surface area contributed by atoms with Crippen molar-refractivity contribution < 1.29 is 14.6 Å². The fourth-order valence-electron chi connectivity index (χ4n) is 2.37. The molecule has 4 nitrogen and oxygen atoms in total. The summed E-state index contributed by atoms with van der Waals surface area (Å²) in [7, 11) is 0. The molecule has 3 rings (SSSR count). The molecule has 0 atom stereocenters. The smallest absolute Gasteiger partial charge is 0.142 e. The van der Waals surface area contributed by atoms with Crippen molar-refractivity contribution >= 4 is 21.7 Å². The second-order valence-corrected chi connectivity index (χ2v) is 5.65. The van der Waals surface area contributed by atoms with Gasteiger partial charge in [0.2, 0.25) is 0 Å². The predicted molar refractivity (Wildman–Crippen MR) is 83.1 cm³/mol. The van der Waals surface area contributed by atoms with Gasteiger partial charge in [0.05, 0.1) is 25.3 Å². The number of hydrogen-bond acceptors (Lipinski definition) is 4. The van der Waals surface area contributed by atoms with Crippen LogP contribution in [0.1, 0.15) is 12.7 Å². The van der Waals surface area contributed by atoms with Gasteiger partial charge in [-0.15, -0.1) is 0 Å². The Morgan fingerprint density at radius 1 is 1.05 bits per heavy atom. The van der Waals surface area contributed by atoms with Crippen molar-refractivity contribution in [2.45, 2.75) is 19.0 Å². The van der Waals surface area contributed by atoms with Crippen LogP contribution in [0.3, 0.4) is 0 Å². The number of rotatable bonds is 5. The third-order valence-corrected chi connectivity index (χ3v) is 3.85. The minimum Gasteiger partial charge on any atom is -0.459 e. The Labute approximate surface area is 123 Å². The van der Waals surface area contributed by atoms with E-state index in [2.05, 4.69) is 17.4 Å². The molecular formula is C17H19NO3. The van der Waals surface area contributed by atoms with Crippen molar-refractivity contribution in [3.8, 4) is 0 Å². The van der Waals surface area contributed by atoms with Gasteiger partial charge in [0.15, 0.2) is 0 Å². The number of benzene rings is 2. The molecule has 0 amide bonds. The number of aliphatic hydroxyl groups excluding tert-OH is 2. The van der Waals surface area contributed by atoms with E-state index in [0.717, 1.165) is 27.5 Å². The second-order valence-electron chi connectivity index (χ2n) is 5.65. The summed E-state index contributed by atoms with van der Waals surface area (Å²) in [6.45, 7) is 1.96. The number of aliphatic hydroxyl groups is 2. The van der Waals surface area contributed by atoms with Crippen LogP contribution in [0.5, 0.6) is 0 Å². The predicted octanol–water partition coefficient (Wildman–Crippen LogP) is 2.42. The molecule has 0 aliphatic heterocycles. The van der Waals surface area contributed by atoms with Crippen LogP contribution in [0.4, 0.5) is 0 Å². The molecule has 0 aliphatic carbocycles. The van der Waals surface area contributed by atoms with E-state index in [1.165, 1.54) is 0 Å². The van der Waals surface area contributed by atoms with E-state index in [-0.39, 0.29) is 13.2 Å². The van der Waals surface area contributed by atoms with E-state index < -0.39 is 5.54 Å². The molecule has 4 heteroatoms. The largest absolute Gasteiger partial charge is 0.459 e. The molecule has 3 N–H and O–H groups in total. The van der Waals surface area contributed by atoms with Crippen molar-refractivity contribution in [3.63, 3.8) is 0 Å². The highest BCUT2D eigenvalue weighted by atomic mass is 16.3. The summed E-state index contributed by atoms with van der Waals surface area (Å²) in [5, 5.41) is 25.0. The molecule has 0 bridgehead atoms. The summed E-state index contributed by atoms with van der Waals surface area (Å²) in [6.07, 6.45) is 0. The summed E-state index contributed by atoms with van der Waals surface area (Å²) in [5.41, 5.74) is 0.167. The zero-order chi connectivity index (χ0) is 14.9. The zero-order valence-corrected chi connectivity index (χ0v) is 12.0. The van der Waals surface area contributed by atoms with Gasteiger partial charge in [-0.3, -0.25) is 0 Å². The van der Waals surface area contributed by atoms with Crippen LogP contribution in [-0.2, 0) is 6.54 Å². The summed E-state index contributed by atoms with van der Waals surface area (Å²) in [6, 6.07) is 14.2. The Bertz CT molecular complexity index is 759. The average molecular weight is 285 g/mol. The van der Waals surface area contributed by atoms with Crippen molar-refractivity contribution in [2.24, 2.45) is 0 Å². The molecule has 3 aromatic rings. The van der Waals surface area contributed by atoms with Crippen LogP contribution in [-0.4, -0.2) is 29.0 Å². The van der Waals surface area contributed by atoms with Crippen LogP contribution in [0, 0.1) is 0 Å². The van der Waals surface area contributed by atoms with Gasteiger partial charge < -0.3 is 19.9 Å². The third-order valence-electron chi connectivity index (χ3n) is 3.85. The number of furan rings is 1. The topological polar surface area (TPSA) is 65.6 Å². The van der Waals surface area contributed by atoms with Crippen molar-refractivity contribution in [2.75, 3.05) is 13.2 Å². The standard InChI is InChI=1S/C17H19NO3/c1-17(10-19,11-20)18-9-14-8-13-7-6-12-4-2-3-5-15(12)16(13)21-14/h2-8,18-20H,9-11H2,1H3. The molecule has 0 spiro atoms. The Kier molecular flexibility index (Phi) is 3.68. The molecule has 0 radical (unpaired) electrons. The first kappa shape index (κ1) is 14.1. The Balaban J connectivity index is 1.93. The molecule has 0 unspecified atom stereocenters. The van der Waals surface area contributed by atoms with E-state index in [9.17, 15) is 10.2 Å². The number of nitrogens with one attached hydrogen (secondary N) is 1. The lowest BCUT2D eigenvalue weighted by atomic mass is 10.1. The minimum absolute atomic E-state index is 0.132. The first-order valence-electron chi connectivity index (χ1n) is 7.02. The summed E-state index contributed by atoms with van der Waals surface area (Å²) >= 11 is 0. The highest BCUT2D eigenvalue weighted by molar-refractivity contribution is 6.04. The van der Waals surface area contributed by atoms with E-state index >= 15 is 0 Å². The molecule has 1 aromatic heterocycles. The van der Waals surface area contributed by atoms with Crippen molar-refractivity contribution in [1.82, 2.24) is 5.32 Å². The quantitative estimate of drug-likeness (QED) is 0.673. The molecule has 0 aliphatic rings. The van der Waals surface area contributed by atoms with Crippen molar-refractivity contribution in [1.29, 1.82) is 0 Å². The second kappa shape index (κ2) is 5.48. The molecule has 1 heterocycles. The average Bonchev–Trinajstić information content (AvgIpc) is 2.96. The molecule has 2 aromatic carbocycles. The molecule has 0 saturated carbocycles. The molecular weight excluding hydrogens is 266 g/mol. The lowest BCUT2D eigenvalue weighted by Gasteiger charge is -2.25. The van der Waals surface area contributed by atoms with Gasteiger partial charge in [0.25, 0.3) is 0 Å². The summed E-state index contributed by atoms with van der Waals surface area (Å²) in [5.74, 6) is 0.787. The molecule has 0 fully saturated rings. The molecule has 21 heavy (non-hydrogen) atoms. The fourth-order valence-corrected chi connectivity index (χ4v) is 2.37. The van der Waals surface area contributed by atoms with E-state index in [1.54, 1.807) is 6.92 Å². The highest BCUT2D eigenvalue weighted by Gasteiger charge is 2.21. The Morgan fingerprint density at radius 3 is 2.52 bits per heavy atom. The lowest BCUT2D eigenvalue weighted by molar-refractivity contribution is 0.101. The van der Waals surface area contributed by atoms with Crippen LogP contribution in [0.25, 0.3) is 21.7 Å². The third kappa shape index (κ3) is 2.65. The van der Waals surface area contributed by atoms with E-state index in [0.29, 0.717) is 6.54 Å². The van der Waals surface area contributed by atoms with Crippen LogP contribution in [0.2, 0.25) is 0 Å². The zero-order valence-electron chi connectivity index (χ0n) is 12.0. The van der Waals surface area contributed by atoms with Gasteiger partial charge in [0.1, 0.15) is 11.3 Å². The maximum Gasteiger partial charge on any atom is 0.142 e.